The fourth-order valence-electron chi connectivity index (χ4n) is 1.83. The van der Waals surface area contributed by atoms with E-state index in [2.05, 4.69) is 5.32 Å². The van der Waals surface area contributed by atoms with E-state index < -0.39 is 17.7 Å². The first-order valence-electron chi connectivity index (χ1n) is 5.07. The van der Waals surface area contributed by atoms with Crippen LogP contribution < -0.4 is 5.32 Å². The summed E-state index contributed by atoms with van der Waals surface area (Å²) in [5.74, 6) is -0.616. The molecule has 1 fully saturated rings. The number of amides is 3. The maximum absolute atomic E-state index is 11.7. The lowest BCUT2D eigenvalue weighted by Gasteiger charge is -2.29. The van der Waals surface area contributed by atoms with Gasteiger partial charge >= 0.3 is 6.03 Å². The Kier molecular flexibility index (Phi) is 3.04. The average Bonchev–Trinajstić information content (AvgIpc) is 2.55. The van der Waals surface area contributed by atoms with Crippen molar-refractivity contribution in [3.63, 3.8) is 0 Å². The van der Waals surface area contributed by atoms with Gasteiger partial charge in [0.05, 0.1) is 0 Å². The van der Waals surface area contributed by atoms with Crippen LogP contribution in [0.4, 0.5) is 4.79 Å². The summed E-state index contributed by atoms with van der Waals surface area (Å²) < 4.78 is 0. The van der Waals surface area contributed by atoms with Crippen LogP contribution in [0.3, 0.4) is 0 Å². The van der Waals surface area contributed by atoms with Gasteiger partial charge in [0.2, 0.25) is 5.72 Å². The van der Waals surface area contributed by atoms with Crippen LogP contribution in [-0.2, 0) is 10.5 Å². The van der Waals surface area contributed by atoms with E-state index in [9.17, 15) is 14.7 Å². The summed E-state index contributed by atoms with van der Waals surface area (Å²) in [6, 6.07) is 7.65. The molecular formula is C11H11ClN2O3. The highest BCUT2D eigenvalue weighted by Crippen LogP contribution is 2.30. The van der Waals surface area contributed by atoms with Gasteiger partial charge < -0.3 is 5.11 Å². The van der Waals surface area contributed by atoms with Crippen LogP contribution in [0.25, 0.3) is 0 Å². The maximum atomic E-state index is 11.7. The molecule has 17 heavy (non-hydrogen) atoms. The molecule has 0 spiro atoms. The molecule has 3 amide bonds. The Morgan fingerprint density at radius 1 is 1.29 bits per heavy atom. The van der Waals surface area contributed by atoms with Crippen molar-refractivity contribution in [1.29, 1.82) is 0 Å². The lowest BCUT2D eigenvalue weighted by atomic mass is 10.0. The number of rotatable bonds is 3. The largest absolute Gasteiger partial charge is 0.359 e. The normalized spacial score (nSPS) is 24.0. The number of nitrogens with zero attached hydrogens (tertiary/aromatic N) is 1. The summed E-state index contributed by atoms with van der Waals surface area (Å²) in [5, 5.41) is 12.5. The number of carbonyl (C=O) groups excluding carboxylic acids is 2. The zero-order valence-corrected chi connectivity index (χ0v) is 9.65. The minimum absolute atomic E-state index is 0.0878. The first-order valence-corrected chi connectivity index (χ1v) is 5.61. The van der Waals surface area contributed by atoms with E-state index in [4.69, 9.17) is 11.6 Å². The Morgan fingerprint density at radius 3 is 2.53 bits per heavy atom. The third-order valence-corrected chi connectivity index (χ3v) is 2.83. The molecule has 1 heterocycles. The van der Waals surface area contributed by atoms with Gasteiger partial charge in [0.25, 0.3) is 5.91 Å². The molecule has 1 aromatic rings. The molecule has 1 atom stereocenters. The van der Waals surface area contributed by atoms with Crippen LogP contribution in [-0.4, -0.2) is 34.4 Å². The fourth-order valence-corrected chi connectivity index (χ4v) is 2.00. The lowest BCUT2D eigenvalue weighted by Crippen LogP contribution is -2.47. The summed E-state index contributed by atoms with van der Waals surface area (Å²) in [6.07, 6.45) is 0. The van der Waals surface area contributed by atoms with Gasteiger partial charge in [-0.2, -0.15) is 0 Å². The van der Waals surface area contributed by atoms with Crippen molar-refractivity contribution < 1.29 is 14.7 Å². The molecule has 0 aliphatic carbocycles. The maximum Gasteiger partial charge on any atom is 0.327 e. The minimum atomic E-state index is -1.97. The topological polar surface area (TPSA) is 69.6 Å². The summed E-state index contributed by atoms with van der Waals surface area (Å²) in [7, 11) is 0. The average molecular weight is 255 g/mol. The van der Waals surface area contributed by atoms with E-state index in [0.29, 0.717) is 5.56 Å². The van der Waals surface area contributed by atoms with Crippen LogP contribution in [0.5, 0.6) is 0 Å². The van der Waals surface area contributed by atoms with Gasteiger partial charge in [-0.05, 0) is 0 Å². The molecule has 1 aromatic carbocycles. The van der Waals surface area contributed by atoms with Gasteiger partial charge in [0, 0.05) is 18.0 Å². The summed E-state index contributed by atoms with van der Waals surface area (Å²) >= 11 is 5.57. The molecule has 5 nitrogen and oxygen atoms in total. The molecule has 0 bridgehead atoms. The molecule has 0 radical (unpaired) electrons. The van der Waals surface area contributed by atoms with Crippen molar-refractivity contribution in [2.45, 2.75) is 5.72 Å². The van der Waals surface area contributed by atoms with Crippen molar-refractivity contribution in [2.24, 2.45) is 0 Å². The van der Waals surface area contributed by atoms with Gasteiger partial charge in [-0.15, -0.1) is 11.6 Å². The van der Waals surface area contributed by atoms with E-state index in [0.717, 1.165) is 4.90 Å². The number of nitrogens with one attached hydrogen (secondary N) is 1. The van der Waals surface area contributed by atoms with Crippen molar-refractivity contribution in [1.82, 2.24) is 10.2 Å². The van der Waals surface area contributed by atoms with E-state index in [1.807, 2.05) is 0 Å². The second kappa shape index (κ2) is 4.35. The first-order chi connectivity index (χ1) is 8.10. The van der Waals surface area contributed by atoms with Crippen molar-refractivity contribution in [3.8, 4) is 0 Å². The number of halogens is 1. The predicted octanol–water partition coefficient (Wildman–Crippen LogP) is 0.622. The Morgan fingerprint density at radius 2 is 1.94 bits per heavy atom. The van der Waals surface area contributed by atoms with Crippen molar-refractivity contribution in [2.75, 3.05) is 12.4 Å². The molecule has 1 saturated heterocycles. The Hall–Kier alpha value is -1.59. The Bertz CT molecular complexity index is 451. The zero-order valence-electron chi connectivity index (χ0n) is 8.89. The third-order valence-electron chi connectivity index (χ3n) is 2.66. The smallest absolute Gasteiger partial charge is 0.327 e. The number of imide groups is 1. The van der Waals surface area contributed by atoms with E-state index >= 15 is 0 Å². The Balaban J connectivity index is 2.46. The number of aliphatic hydroxyl groups is 1. The molecule has 6 heteroatoms. The standard InChI is InChI=1S/C11H11ClN2O3/c12-6-7-14-10(16)13-9(15)11(14,17)8-4-2-1-3-5-8/h1-5,17H,6-7H2,(H,13,15,16). The number of benzene rings is 1. The number of hydrogen-bond donors (Lipinski definition) is 2. The summed E-state index contributed by atoms with van der Waals surface area (Å²) in [4.78, 5) is 24.3. The van der Waals surface area contributed by atoms with Crippen LogP contribution in [0.1, 0.15) is 5.56 Å². The highest BCUT2D eigenvalue weighted by Gasteiger charge is 2.52. The number of hydrogen-bond acceptors (Lipinski definition) is 3. The molecule has 2 N–H and O–H groups in total. The molecule has 1 aliphatic heterocycles. The number of alkyl halides is 1. The third kappa shape index (κ3) is 1.77. The first kappa shape index (κ1) is 11.9. The second-order valence-electron chi connectivity index (χ2n) is 3.64. The molecular weight excluding hydrogens is 244 g/mol. The summed E-state index contributed by atoms with van der Waals surface area (Å²) in [6.45, 7) is 0.0878. The number of urea groups is 1. The SMILES string of the molecule is O=C1NC(=O)C(O)(c2ccccc2)N1CCCl. The number of carbonyl (C=O) groups is 2. The highest BCUT2D eigenvalue weighted by molar-refractivity contribution is 6.18. The monoisotopic (exact) mass is 254 g/mol. The van der Waals surface area contributed by atoms with Crippen LogP contribution in [0.15, 0.2) is 30.3 Å². The van der Waals surface area contributed by atoms with Crippen LogP contribution in [0, 0.1) is 0 Å². The molecule has 0 saturated carbocycles. The minimum Gasteiger partial charge on any atom is -0.359 e. The molecule has 0 aromatic heterocycles. The van der Waals surface area contributed by atoms with Gasteiger partial charge in [0.15, 0.2) is 0 Å². The molecule has 2 rings (SSSR count). The van der Waals surface area contributed by atoms with Gasteiger partial charge in [-0.1, -0.05) is 30.3 Å². The fraction of sp³-hybridized carbons (Fsp3) is 0.273. The Labute approximate surface area is 103 Å². The van der Waals surface area contributed by atoms with Gasteiger partial charge in [-0.25, -0.2) is 4.79 Å². The second-order valence-corrected chi connectivity index (χ2v) is 4.02. The molecule has 90 valence electrons. The lowest BCUT2D eigenvalue weighted by molar-refractivity contribution is -0.149. The van der Waals surface area contributed by atoms with Gasteiger partial charge in [-0.3, -0.25) is 15.0 Å². The predicted molar refractivity (Wildman–Crippen MR) is 61.3 cm³/mol. The van der Waals surface area contributed by atoms with Crippen molar-refractivity contribution in [3.05, 3.63) is 35.9 Å². The van der Waals surface area contributed by atoms with Crippen LogP contribution in [0.2, 0.25) is 0 Å². The molecule has 1 unspecified atom stereocenters. The van der Waals surface area contributed by atoms with E-state index in [1.165, 1.54) is 0 Å². The zero-order chi connectivity index (χ0) is 12.5. The molecule has 1 aliphatic rings. The van der Waals surface area contributed by atoms with E-state index in [-0.39, 0.29) is 12.4 Å². The highest BCUT2D eigenvalue weighted by atomic mass is 35.5. The van der Waals surface area contributed by atoms with Gasteiger partial charge in [0.1, 0.15) is 0 Å². The quantitative estimate of drug-likeness (QED) is 0.614. The summed E-state index contributed by atoms with van der Waals surface area (Å²) in [5.41, 5.74) is -1.62. The van der Waals surface area contributed by atoms with E-state index in [1.54, 1.807) is 30.3 Å². The van der Waals surface area contributed by atoms with Crippen molar-refractivity contribution >= 4 is 23.5 Å². The van der Waals surface area contributed by atoms with Crippen LogP contribution >= 0.6 is 11.6 Å².